The highest BCUT2D eigenvalue weighted by Gasteiger charge is 2.15. The molecule has 0 atom stereocenters. The molecular formula is C56H106N2O4. The molecule has 1 rings (SSSR count). The number of carbonyl (C=O) groups excluding carboxylic acids is 1. The lowest BCUT2D eigenvalue weighted by Gasteiger charge is -2.20. The van der Waals surface area contributed by atoms with Crippen LogP contribution in [-0.4, -0.2) is 54.0 Å². The second kappa shape index (κ2) is 48.6. The number of hydrogen-bond acceptors (Lipinski definition) is 5. The Morgan fingerprint density at radius 3 is 1.31 bits per heavy atom. The number of rotatable bonds is 51. The van der Waals surface area contributed by atoms with E-state index in [0.29, 0.717) is 19.4 Å². The van der Waals surface area contributed by atoms with E-state index in [4.69, 9.17) is 14.8 Å². The summed E-state index contributed by atoms with van der Waals surface area (Å²) in [6.45, 7) is 6.27. The molecule has 0 spiro atoms. The van der Waals surface area contributed by atoms with Crippen LogP contribution in [0.5, 0.6) is 0 Å². The molecule has 0 saturated heterocycles. The average molecular weight is 871 g/mol. The molecule has 0 amide bonds. The number of ether oxygens (including phenoxy) is 1. The van der Waals surface area contributed by atoms with E-state index in [9.17, 15) is 9.59 Å². The fourth-order valence-electron chi connectivity index (χ4n) is 9.17. The molecule has 0 aromatic heterocycles. The summed E-state index contributed by atoms with van der Waals surface area (Å²) < 4.78 is 5.49. The van der Waals surface area contributed by atoms with Crippen molar-refractivity contribution in [1.82, 2.24) is 4.90 Å². The third-order valence-electron chi connectivity index (χ3n) is 13.3. The molecule has 0 aromatic carbocycles. The summed E-state index contributed by atoms with van der Waals surface area (Å²) in [5.41, 5.74) is 0. The molecule has 364 valence electrons. The van der Waals surface area contributed by atoms with Crippen molar-refractivity contribution in [2.24, 2.45) is 4.99 Å². The summed E-state index contributed by atoms with van der Waals surface area (Å²) in [6.07, 6.45) is 63.2. The van der Waals surface area contributed by atoms with Gasteiger partial charge in [0, 0.05) is 32.4 Å². The standard InChI is InChI=1S/C56H106N2O4/c1-2-3-4-5-6-7-8-9-10-16-21-26-31-36-41-46-53-62-56(61)49-44-39-34-29-24-19-12-11-15-20-25-30-35-40-45-51-58-52-50-57-54(58)47-42-37-32-27-22-17-13-14-18-23-28-33-38-43-48-55(59)60/h9-10H,2-8,11-53H2,1H3,(H,59,60). The predicted octanol–water partition coefficient (Wildman–Crippen LogP) is 17.8. The number of aliphatic imine (C=N–C) groups is 1. The van der Waals surface area contributed by atoms with Gasteiger partial charge >= 0.3 is 11.9 Å². The zero-order chi connectivity index (χ0) is 44.5. The Kier molecular flexibility index (Phi) is 45.6. The van der Waals surface area contributed by atoms with Gasteiger partial charge in [-0.25, -0.2) is 0 Å². The van der Waals surface area contributed by atoms with E-state index in [0.717, 1.165) is 38.8 Å². The van der Waals surface area contributed by atoms with Crippen molar-refractivity contribution in [3.63, 3.8) is 0 Å². The maximum Gasteiger partial charge on any atom is 0.305 e. The minimum Gasteiger partial charge on any atom is -0.481 e. The molecule has 62 heavy (non-hydrogen) atoms. The van der Waals surface area contributed by atoms with Crippen LogP contribution in [0.2, 0.25) is 0 Å². The van der Waals surface area contributed by atoms with E-state index in [1.54, 1.807) is 0 Å². The second-order valence-electron chi connectivity index (χ2n) is 19.3. The minimum absolute atomic E-state index is 0.0160. The molecule has 6 nitrogen and oxygen atoms in total. The number of aliphatic carboxylic acids is 1. The zero-order valence-corrected chi connectivity index (χ0v) is 41.6. The molecule has 0 unspecified atom stereocenters. The molecule has 0 fully saturated rings. The maximum atomic E-state index is 12.1. The van der Waals surface area contributed by atoms with E-state index in [-0.39, 0.29) is 5.97 Å². The fourth-order valence-corrected chi connectivity index (χ4v) is 9.17. The Balaban J connectivity index is 1.74. The van der Waals surface area contributed by atoms with E-state index in [2.05, 4.69) is 24.0 Å². The number of allylic oxidation sites excluding steroid dienone is 2. The number of nitrogens with zero attached hydrogens (tertiary/aromatic N) is 2. The number of hydrogen-bond donors (Lipinski definition) is 1. The largest absolute Gasteiger partial charge is 0.481 e. The molecule has 0 aliphatic carbocycles. The van der Waals surface area contributed by atoms with Gasteiger partial charge in [-0.1, -0.05) is 237 Å². The first-order valence-corrected chi connectivity index (χ1v) is 27.9. The van der Waals surface area contributed by atoms with Gasteiger partial charge in [-0.15, -0.1) is 0 Å². The molecule has 0 saturated carbocycles. The Hall–Kier alpha value is -1.85. The maximum absolute atomic E-state index is 12.1. The molecule has 6 heteroatoms. The van der Waals surface area contributed by atoms with Gasteiger partial charge in [0.25, 0.3) is 0 Å². The lowest BCUT2D eigenvalue weighted by molar-refractivity contribution is -0.144. The van der Waals surface area contributed by atoms with E-state index in [1.807, 2.05) is 0 Å². The van der Waals surface area contributed by atoms with Crippen LogP contribution in [0.1, 0.15) is 302 Å². The van der Waals surface area contributed by atoms with Crippen LogP contribution < -0.4 is 0 Å². The van der Waals surface area contributed by atoms with Crippen LogP contribution in [0, 0.1) is 0 Å². The van der Waals surface area contributed by atoms with Crippen LogP contribution in [0.4, 0.5) is 0 Å². The molecule has 1 aliphatic heterocycles. The number of amidine groups is 1. The monoisotopic (exact) mass is 871 g/mol. The zero-order valence-electron chi connectivity index (χ0n) is 41.6. The van der Waals surface area contributed by atoms with Crippen LogP contribution >= 0.6 is 0 Å². The highest BCUT2D eigenvalue weighted by Crippen LogP contribution is 2.18. The van der Waals surface area contributed by atoms with Gasteiger partial charge in [-0.2, -0.15) is 0 Å². The van der Waals surface area contributed by atoms with Crippen LogP contribution in [0.25, 0.3) is 0 Å². The Morgan fingerprint density at radius 1 is 0.484 bits per heavy atom. The highest BCUT2D eigenvalue weighted by atomic mass is 16.5. The van der Waals surface area contributed by atoms with Crippen LogP contribution in [0.15, 0.2) is 17.1 Å². The molecule has 0 radical (unpaired) electrons. The van der Waals surface area contributed by atoms with Gasteiger partial charge in [0.2, 0.25) is 0 Å². The number of unbranched alkanes of at least 4 members (excludes halogenated alkanes) is 39. The summed E-state index contributed by atoms with van der Waals surface area (Å²) in [4.78, 5) is 30.1. The number of carboxylic acids is 1. The molecule has 1 aliphatic rings. The lowest BCUT2D eigenvalue weighted by atomic mass is 10.0. The average Bonchev–Trinajstić information content (AvgIpc) is 3.72. The molecule has 0 bridgehead atoms. The number of esters is 1. The fraction of sp³-hybridized carbons (Fsp3) is 0.911. The first-order valence-electron chi connectivity index (χ1n) is 27.9. The Labute approximate surface area is 386 Å². The van der Waals surface area contributed by atoms with Crippen molar-refractivity contribution in [1.29, 1.82) is 0 Å². The second-order valence-corrected chi connectivity index (χ2v) is 19.3. The number of carbonyl (C=O) groups is 2. The smallest absolute Gasteiger partial charge is 0.305 e. The normalized spacial score (nSPS) is 12.9. The summed E-state index contributed by atoms with van der Waals surface area (Å²) >= 11 is 0. The van der Waals surface area contributed by atoms with Gasteiger partial charge in [0.05, 0.1) is 19.0 Å². The molecule has 0 aromatic rings. The van der Waals surface area contributed by atoms with Gasteiger partial charge in [-0.05, 0) is 57.8 Å². The number of carboxylic acid groups (broad SMARTS) is 1. The first-order chi connectivity index (χ1) is 30.6. The summed E-state index contributed by atoms with van der Waals surface area (Å²) in [5.74, 6) is 0.761. The van der Waals surface area contributed by atoms with Gasteiger partial charge < -0.3 is 14.7 Å². The predicted molar refractivity (Wildman–Crippen MR) is 270 cm³/mol. The van der Waals surface area contributed by atoms with Gasteiger partial charge in [-0.3, -0.25) is 14.6 Å². The third-order valence-corrected chi connectivity index (χ3v) is 13.3. The summed E-state index contributed by atoms with van der Waals surface area (Å²) in [7, 11) is 0. The highest BCUT2D eigenvalue weighted by molar-refractivity contribution is 5.83. The van der Waals surface area contributed by atoms with Crippen molar-refractivity contribution < 1.29 is 19.4 Å². The van der Waals surface area contributed by atoms with Gasteiger partial charge in [0.1, 0.15) is 0 Å². The summed E-state index contributed by atoms with van der Waals surface area (Å²) in [6, 6.07) is 0. The minimum atomic E-state index is -0.656. The van der Waals surface area contributed by atoms with Crippen molar-refractivity contribution in [3.05, 3.63) is 12.2 Å². The molecule has 1 N–H and O–H groups in total. The summed E-state index contributed by atoms with van der Waals surface area (Å²) in [5, 5.41) is 8.69. The molecular weight excluding hydrogens is 765 g/mol. The quantitative estimate of drug-likeness (QED) is 0.0374. The topological polar surface area (TPSA) is 79.2 Å². The van der Waals surface area contributed by atoms with E-state index < -0.39 is 5.97 Å². The van der Waals surface area contributed by atoms with E-state index >= 15 is 0 Å². The van der Waals surface area contributed by atoms with Crippen molar-refractivity contribution in [3.8, 4) is 0 Å². The first kappa shape index (κ1) is 58.2. The third kappa shape index (κ3) is 43.4. The Bertz CT molecular complexity index is 1010. The molecule has 1 heterocycles. The van der Waals surface area contributed by atoms with Crippen molar-refractivity contribution in [2.75, 3.05) is 26.2 Å². The van der Waals surface area contributed by atoms with Gasteiger partial charge in [0.15, 0.2) is 0 Å². The van der Waals surface area contributed by atoms with E-state index in [1.165, 1.54) is 269 Å². The van der Waals surface area contributed by atoms with Crippen molar-refractivity contribution in [2.45, 2.75) is 302 Å². The van der Waals surface area contributed by atoms with Crippen molar-refractivity contribution >= 4 is 17.8 Å². The van der Waals surface area contributed by atoms with Crippen LogP contribution in [0.3, 0.4) is 0 Å². The lowest BCUT2D eigenvalue weighted by Crippen LogP contribution is -2.28. The SMILES string of the molecule is CCCCCCCCC=CCCCCCCCCOC(=O)CCCCCCCCCCCCCCCCCN1CCN=C1CCCCCCCCCCCCCCCCC(=O)O. The van der Waals surface area contributed by atoms with Crippen LogP contribution in [-0.2, 0) is 14.3 Å². The Morgan fingerprint density at radius 2 is 0.855 bits per heavy atom.